The molecule has 0 radical (unpaired) electrons. The van der Waals surface area contributed by atoms with Gasteiger partial charge in [0.15, 0.2) is 0 Å². The molecule has 4 rings (SSSR count). The summed E-state index contributed by atoms with van der Waals surface area (Å²) in [5, 5.41) is 0. The molecule has 158 valence electrons. The Morgan fingerprint density at radius 1 is 0.633 bits per heavy atom. The summed E-state index contributed by atoms with van der Waals surface area (Å²) in [6.45, 7) is 7.04. The third-order valence-corrected chi connectivity index (χ3v) is 10.4. The molecule has 1 nitrogen and oxygen atoms in total. The van der Waals surface area contributed by atoms with Gasteiger partial charge in [0.2, 0.25) is 0 Å². The Morgan fingerprint density at radius 2 is 1.07 bits per heavy atom. The quantitative estimate of drug-likeness (QED) is 0.404. The van der Waals surface area contributed by atoms with Gasteiger partial charge in [-0.15, -0.1) is 0 Å². The zero-order valence-electron chi connectivity index (χ0n) is 18.5. The lowest BCUT2D eigenvalue weighted by molar-refractivity contribution is 0.161. The summed E-state index contributed by atoms with van der Waals surface area (Å²) < 4.78 is 7.28. The molecule has 0 N–H and O–H groups in total. The second-order valence-corrected chi connectivity index (χ2v) is 12.7. The minimum absolute atomic E-state index is 0.00795. The monoisotopic (exact) mass is 418 g/mol. The van der Waals surface area contributed by atoms with Crippen molar-refractivity contribution in [3.63, 3.8) is 0 Å². The first-order valence-corrected chi connectivity index (χ1v) is 12.7. The van der Waals surface area contributed by atoms with Crippen molar-refractivity contribution in [2.75, 3.05) is 0 Å². The van der Waals surface area contributed by atoms with Gasteiger partial charge >= 0.3 is 0 Å². The SMILES string of the molecule is CC(C)(C)S(OC1CCC(c2ccccc2)CC1)(c1ccccc1)c1ccccc1. The number of hydrogen-bond donors (Lipinski definition) is 0. The first kappa shape index (κ1) is 21.2. The van der Waals surface area contributed by atoms with Crippen LogP contribution >= 0.6 is 10.3 Å². The molecule has 0 heterocycles. The minimum Gasteiger partial charge on any atom is -0.324 e. The summed E-state index contributed by atoms with van der Waals surface area (Å²) in [6.07, 6.45) is 4.98. The van der Waals surface area contributed by atoms with Crippen LogP contribution in [0.4, 0.5) is 0 Å². The van der Waals surface area contributed by atoms with E-state index >= 15 is 0 Å². The van der Waals surface area contributed by atoms with E-state index < -0.39 is 10.3 Å². The standard InChI is InChI=1S/C28H34OS/c1-28(2,3)30(26-15-9-5-10-16-26,27-17-11-6-12-18-27)29-25-21-19-24(20-22-25)23-13-7-4-8-14-23/h4-18,24-25H,19-22H2,1-3H3. The molecule has 1 saturated carbocycles. The Balaban J connectivity index is 1.65. The second kappa shape index (κ2) is 8.99. The first-order chi connectivity index (χ1) is 14.5. The smallest absolute Gasteiger partial charge is 0.0710 e. The highest BCUT2D eigenvalue weighted by atomic mass is 32.3. The van der Waals surface area contributed by atoms with E-state index in [1.165, 1.54) is 28.2 Å². The van der Waals surface area contributed by atoms with Crippen LogP contribution in [-0.2, 0) is 4.18 Å². The van der Waals surface area contributed by atoms with Crippen molar-refractivity contribution in [2.24, 2.45) is 0 Å². The van der Waals surface area contributed by atoms with Crippen LogP contribution in [-0.4, -0.2) is 10.9 Å². The fraction of sp³-hybridized carbons (Fsp3) is 0.357. The maximum atomic E-state index is 7.28. The van der Waals surface area contributed by atoms with E-state index in [1.54, 1.807) is 0 Å². The number of hydrogen-bond acceptors (Lipinski definition) is 1. The lowest BCUT2D eigenvalue weighted by Crippen LogP contribution is -2.32. The van der Waals surface area contributed by atoms with Gasteiger partial charge in [-0.2, -0.15) is 0 Å². The molecule has 0 spiro atoms. The molecular weight excluding hydrogens is 384 g/mol. The summed E-state index contributed by atoms with van der Waals surface area (Å²) in [7, 11) is -1.65. The molecular formula is C28H34OS. The van der Waals surface area contributed by atoms with E-state index in [9.17, 15) is 0 Å². The van der Waals surface area contributed by atoms with Gasteiger partial charge in [-0.1, -0.05) is 77.0 Å². The first-order valence-electron chi connectivity index (χ1n) is 11.2. The molecule has 0 unspecified atom stereocenters. The maximum Gasteiger partial charge on any atom is 0.0710 e. The van der Waals surface area contributed by atoms with Crippen LogP contribution in [0.3, 0.4) is 0 Å². The molecule has 0 aliphatic heterocycles. The summed E-state index contributed by atoms with van der Waals surface area (Å²) in [5.41, 5.74) is 1.48. The normalized spacial score (nSPS) is 20.6. The van der Waals surface area contributed by atoms with E-state index in [1.807, 2.05) is 0 Å². The Morgan fingerprint density at radius 3 is 1.50 bits per heavy atom. The van der Waals surface area contributed by atoms with Crippen LogP contribution in [0.25, 0.3) is 0 Å². The average Bonchev–Trinajstić information content (AvgIpc) is 2.79. The predicted molar refractivity (Wildman–Crippen MR) is 129 cm³/mol. The lowest BCUT2D eigenvalue weighted by atomic mass is 9.83. The van der Waals surface area contributed by atoms with E-state index in [-0.39, 0.29) is 4.75 Å². The fourth-order valence-corrected chi connectivity index (χ4v) is 8.62. The third kappa shape index (κ3) is 4.22. The van der Waals surface area contributed by atoms with Crippen LogP contribution in [0.15, 0.2) is 101 Å². The molecule has 2 heteroatoms. The van der Waals surface area contributed by atoms with Gasteiger partial charge in [0.1, 0.15) is 0 Å². The van der Waals surface area contributed by atoms with Crippen LogP contribution in [0.1, 0.15) is 57.9 Å². The molecule has 1 aliphatic rings. The summed E-state index contributed by atoms with van der Waals surface area (Å²) in [6, 6.07) is 32.9. The van der Waals surface area contributed by atoms with E-state index in [0.29, 0.717) is 12.0 Å². The number of rotatable bonds is 5. The molecule has 3 aromatic carbocycles. The van der Waals surface area contributed by atoms with Crippen molar-refractivity contribution in [3.8, 4) is 0 Å². The predicted octanol–water partition coefficient (Wildman–Crippen LogP) is 8.37. The van der Waals surface area contributed by atoms with Gasteiger partial charge in [-0.25, -0.2) is 0 Å². The van der Waals surface area contributed by atoms with Gasteiger partial charge in [0, 0.05) is 14.5 Å². The highest BCUT2D eigenvalue weighted by Crippen LogP contribution is 2.72. The molecule has 1 fully saturated rings. The van der Waals surface area contributed by atoms with Gasteiger partial charge < -0.3 is 4.18 Å². The average molecular weight is 419 g/mol. The molecule has 0 amide bonds. The van der Waals surface area contributed by atoms with Crippen molar-refractivity contribution in [1.29, 1.82) is 0 Å². The molecule has 1 aliphatic carbocycles. The van der Waals surface area contributed by atoms with Crippen molar-refractivity contribution in [2.45, 2.75) is 73.0 Å². The van der Waals surface area contributed by atoms with Gasteiger partial charge in [0.05, 0.1) is 6.10 Å². The third-order valence-electron chi connectivity index (χ3n) is 6.24. The van der Waals surface area contributed by atoms with Crippen molar-refractivity contribution < 1.29 is 4.18 Å². The minimum atomic E-state index is -1.65. The fourth-order valence-electron chi connectivity index (χ4n) is 4.74. The molecule has 0 bridgehead atoms. The van der Waals surface area contributed by atoms with E-state index in [2.05, 4.69) is 112 Å². The van der Waals surface area contributed by atoms with Crippen molar-refractivity contribution in [1.82, 2.24) is 0 Å². The molecule has 0 saturated heterocycles. The topological polar surface area (TPSA) is 9.23 Å². The summed E-state index contributed by atoms with van der Waals surface area (Å²) in [5.74, 6) is 0.665. The molecule has 3 aromatic rings. The molecule has 0 aromatic heterocycles. The van der Waals surface area contributed by atoms with E-state index in [0.717, 1.165) is 12.8 Å². The van der Waals surface area contributed by atoms with Crippen LogP contribution in [0.5, 0.6) is 0 Å². The Labute approximate surface area is 184 Å². The van der Waals surface area contributed by atoms with Crippen molar-refractivity contribution >= 4 is 10.3 Å². The Hall–Kier alpha value is -2.03. The summed E-state index contributed by atoms with van der Waals surface area (Å²) >= 11 is 0. The maximum absolute atomic E-state index is 7.28. The Bertz CT molecular complexity index is 868. The zero-order valence-corrected chi connectivity index (χ0v) is 19.3. The zero-order chi connectivity index (χ0) is 21.0. The van der Waals surface area contributed by atoms with Crippen molar-refractivity contribution in [3.05, 3.63) is 96.6 Å². The summed E-state index contributed by atoms with van der Waals surface area (Å²) in [4.78, 5) is 2.66. The van der Waals surface area contributed by atoms with Crippen LogP contribution in [0.2, 0.25) is 0 Å². The van der Waals surface area contributed by atoms with Crippen LogP contribution in [0, 0.1) is 0 Å². The van der Waals surface area contributed by atoms with E-state index in [4.69, 9.17) is 4.18 Å². The highest BCUT2D eigenvalue weighted by molar-refractivity contribution is 8.31. The highest BCUT2D eigenvalue weighted by Gasteiger charge is 2.43. The molecule has 30 heavy (non-hydrogen) atoms. The lowest BCUT2D eigenvalue weighted by Gasteiger charge is -2.52. The van der Waals surface area contributed by atoms with Gasteiger partial charge in [-0.05, 0) is 82.2 Å². The van der Waals surface area contributed by atoms with Crippen LogP contribution < -0.4 is 0 Å². The van der Waals surface area contributed by atoms with Gasteiger partial charge in [-0.3, -0.25) is 0 Å². The molecule has 0 atom stereocenters. The largest absolute Gasteiger partial charge is 0.324 e. The number of benzene rings is 3. The second-order valence-electron chi connectivity index (χ2n) is 9.28. The van der Waals surface area contributed by atoms with Gasteiger partial charge in [0.25, 0.3) is 0 Å². The Kier molecular flexibility index (Phi) is 6.36.